The van der Waals surface area contributed by atoms with Crippen molar-refractivity contribution in [2.45, 2.75) is 39.2 Å². The van der Waals surface area contributed by atoms with Gasteiger partial charge >= 0.3 is 0 Å². The fraction of sp³-hybridized carbons (Fsp3) is 0.800. The van der Waals surface area contributed by atoms with E-state index in [-0.39, 0.29) is 11.7 Å². The highest BCUT2D eigenvalue weighted by Crippen LogP contribution is 2.31. The Morgan fingerprint density at radius 1 is 1.67 bits per heavy atom. The summed E-state index contributed by atoms with van der Waals surface area (Å²) in [6.07, 6.45) is 2.63. The third kappa shape index (κ3) is 2.06. The second-order valence-corrected chi connectivity index (χ2v) is 4.32. The van der Waals surface area contributed by atoms with E-state index in [0.29, 0.717) is 12.5 Å². The van der Waals surface area contributed by atoms with E-state index in [1.54, 1.807) is 18.9 Å². The van der Waals surface area contributed by atoms with Gasteiger partial charge in [0.25, 0.3) is 0 Å². The molecule has 0 saturated heterocycles. The molecule has 1 unspecified atom stereocenters. The third-order valence-electron chi connectivity index (χ3n) is 3.27. The summed E-state index contributed by atoms with van der Waals surface area (Å²) in [5, 5.41) is 11.6. The van der Waals surface area contributed by atoms with E-state index in [2.05, 4.69) is 5.16 Å². The maximum atomic E-state index is 12.1. The SMILES string of the molecule is CCC(C)(C(=O)N(C)C1CC1)C(N)=NO. The van der Waals surface area contributed by atoms with E-state index in [0.717, 1.165) is 12.8 Å². The van der Waals surface area contributed by atoms with Crippen LogP contribution in [0.5, 0.6) is 0 Å². The van der Waals surface area contributed by atoms with E-state index in [9.17, 15) is 4.79 Å². The Morgan fingerprint density at radius 3 is 2.53 bits per heavy atom. The number of nitrogens with zero attached hydrogens (tertiary/aromatic N) is 2. The zero-order valence-electron chi connectivity index (χ0n) is 9.53. The van der Waals surface area contributed by atoms with Crippen molar-refractivity contribution >= 4 is 11.7 Å². The highest BCUT2D eigenvalue weighted by atomic mass is 16.4. The van der Waals surface area contributed by atoms with Crippen molar-refractivity contribution in [1.29, 1.82) is 0 Å². The van der Waals surface area contributed by atoms with Gasteiger partial charge in [0.15, 0.2) is 5.84 Å². The predicted octanol–water partition coefficient (Wildman–Crippen LogP) is 0.770. The second kappa shape index (κ2) is 4.08. The van der Waals surface area contributed by atoms with Crippen LogP contribution in [0.25, 0.3) is 0 Å². The van der Waals surface area contributed by atoms with Gasteiger partial charge in [-0.3, -0.25) is 4.79 Å². The number of hydrogen-bond donors (Lipinski definition) is 2. The Kier molecular flexibility index (Phi) is 3.21. The highest BCUT2D eigenvalue weighted by Gasteiger charge is 2.42. The first-order chi connectivity index (χ1) is 6.97. The fourth-order valence-corrected chi connectivity index (χ4v) is 1.57. The summed E-state index contributed by atoms with van der Waals surface area (Å²) in [7, 11) is 1.78. The monoisotopic (exact) mass is 213 g/mol. The largest absolute Gasteiger partial charge is 0.409 e. The van der Waals surface area contributed by atoms with Gasteiger partial charge in [0, 0.05) is 13.1 Å². The molecule has 3 N–H and O–H groups in total. The number of carbonyl (C=O) groups is 1. The lowest BCUT2D eigenvalue weighted by Crippen LogP contribution is -2.48. The minimum atomic E-state index is -0.883. The first-order valence-electron chi connectivity index (χ1n) is 5.22. The zero-order chi connectivity index (χ0) is 11.6. The summed E-state index contributed by atoms with van der Waals surface area (Å²) in [5.74, 6) is -0.0784. The number of amidine groups is 1. The number of nitrogens with two attached hydrogens (primary N) is 1. The lowest BCUT2D eigenvalue weighted by atomic mass is 9.84. The molecule has 0 aliphatic heterocycles. The van der Waals surface area contributed by atoms with Gasteiger partial charge < -0.3 is 15.8 Å². The Labute approximate surface area is 89.9 Å². The summed E-state index contributed by atoms with van der Waals surface area (Å²) in [5.41, 5.74) is 4.69. The maximum absolute atomic E-state index is 12.1. The summed E-state index contributed by atoms with van der Waals surface area (Å²) >= 11 is 0. The van der Waals surface area contributed by atoms with Crippen LogP contribution >= 0.6 is 0 Å². The first-order valence-corrected chi connectivity index (χ1v) is 5.22. The quantitative estimate of drug-likeness (QED) is 0.313. The molecule has 1 fully saturated rings. The number of rotatable bonds is 4. The molecule has 0 spiro atoms. The second-order valence-electron chi connectivity index (χ2n) is 4.32. The van der Waals surface area contributed by atoms with Crippen molar-refractivity contribution in [2.75, 3.05) is 7.05 Å². The molecule has 1 saturated carbocycles. The van der Waals surface area contributed by atoms with Gasteiger partial charge in [0.1, 0.15) is 5.41 Å². The molecule has 1 rings (SSSR count). The molecule has 0 aromatic heterocycles. The van der Waals surface area contributed by atoms with Gasteiger partial charge in [-0.15, -0.1) is 0 Å². The van der Waals surface area contributed by atoms with Crippen LogP contribution in [0.2, 0.25) is 0 Å². The van der Waals surface area contributed by atoms with Crippen LogP contribution in [0.1, 0.15) is 33.1 Å². The average molecular weight is 213 g/mol. The Morgan fingerprint density at radius 2 is 2.20 bits per heavy atom. The summed E-state index contributed by atoms with van der Waals surface area (Å²) < 4.78 is 0. The van der Waals surface area contributed by atoms with Crippen molar-refractivity contribution in [3.63, 3.8) is 0 Å². The Bertz CT molecular complexity index is 286. The van der Waals surface area contributed by atoms with E-state index < -0.39 is 5.41 Å². The van der Waals surface area contributed by atoms with Gasteiger partial charge in [-0.25, -0.2) is 0 Å². The van der Waals surface area contributed by atoms with Crippen molar-refractivity contribution in [2.24, 2.45) is 16.3 Å². The van der Waals surface area contributed by atoms with E-state index in [1.807, 2.05) is 6.92 Å². The van der Waals surface area contributed by atoms with Crippen molar-refractivity contribution < 1.29 is 10.0 Å². The van der Waals surface area contributed by atoms with Crippen LogP contribution < -0.4 is 5.73 Å². The van der Waals surface area contributed by atoms with E-state index >= 15 is 0 Å². The lowest BCUT2D eigenvalue weighted by Gasteiger charge is -2.30. The summed E-state index contributed by atoms with van der Waals surface area (Å²) in [4.78, 5) is 13.8. The normalized spacial score (nSPS) is 20.9. The van der Waals surface area contributed by atoms with Gasteiger partial charge in [0.05, 0.1) is 0 Å². The lowest BCUT2D eigenvalue weighted by molar-refractivity contribution is -0.137. The Hall–Kier alpha value is -1.26. The molecule has 0 heterocycles. The van der Waals surface area contributed by atoms with Crippen LogP contribution in [0.15, 0.2) is 5.16 Å². The number of carbonyl (C=O) groups excluding carboxylic acids is 1. The molecule has 5 heteroatoms. The maximum Gasteiger partial charge on any atom is 0.236 e. The van der Waals surface area contributed by atoms with E-state index in [4.69, 9.17) is 10.9 Å². The van der Waals surface area contributed by atoms with Crippen molar-refractivity contribution in [1.82, 2.24) is 4.90 Å². The molecule has 86 valence electrons. The van der Waals surface area contributed by atoms with Crippen LogP contribution in [-0.4, -0.2) is 34.9 Å². The topological polar surface area (TPSA) is 78.9 Å². The molecule has 5 nitrogen and oxygen atoms in total. The minimum Gasteiger partial charge on any atom is -0.409 e. The molecule has 0 aromatic rings. The highest BCUT2D eigenvalue weighted by molar-refractivity contribution is 6.06. The van der Waals surface area contributed by atoms with Crippen LogP contribution in [0.3, 0.4) is 0 Å². The Balaban J connectivity index is 2.85. The molecular weight excluding hydrogens is 194 g/mol. The summed E-state index contributed by atoms with van der Waals surface area (Å²) in [6, 6.07) is 0.342. The van der Waals surface area contributed by atoms with Gasteiger partial charge in [-0.2, -0.15) is 0 Å². The average Bonchev–Trinajstić information content (AvgIpc) is 3.08. The van der Waals surface area contributed by atoms with Crippen molar-refractivity contribution in [3.8, 4) is 0 Å². The van der Waals surface area contributed by atoms with Crippen LogP contribution in [0, 0.1) is 5.41 Å². The predicted molar refractivity (Wildman–Crippen MR) is 57.6 cm³/mol. The van der Waals surface area contributed by atoms with Crippen LogP contribution in [0.4, 0.5) is 0 Å². The number of oxime groups is 1. The molecule has 1 aliphatic rings. The van der Waals surface area contributed by atoms with Gasteiger partial charge in [-0.05, 0) is 26.2 Å². The first kappa shape index (κ1) is 11.8. The molecule has 0 bridgehead atoms. The molecule has 15 heavy (non-hydrogen) atoms. The molecule has 1 aliphatic carbocycles. The number of amides is 1. The van der Waals surface area contributed by atoms with Crippen molar-refractivity contribution in [3.05, 3.63) is 0 Å². The van der Waals surface area contributed by atoms with Gasteiger partial charge in [0.2, 0.25) is 5.91 Å². The standard InChI is InChI=1S/C10H19N3O2/c1-4-10(2,8(11)12-15)9(14)13(3)7-5-6-7/h7,15H,4-6H2,1-3H3,(H2,11,12). The van der Waals surface area contributed by atoms with E-state index in [1.165, 1.54) is 0 Å². The molecule has 1 amide bonds. The smallest absolute Gasteiger partial charge is 0.236 e. The fourth-order valence-electron chi connectivity index (χ4n) is 1.57. The van der Waals surface area contributed by atoms with Crippen LogP contribution in [-0.2, 0) is 4.79 Å². The van der Waals surface area contributed by atoms with Gasteiger partial charge in [-0.1, -0.05) is 12.1 Å². The minimum absolute atomic E-state index is 0.0116. The molecule has 0 radical (unpaired) electrons. The third-order valence-corrected chi connectivity index (χ3v) is 3.27. The number of hydrogen-bond acceptors (Lipinski definition) is 3. The molecular formula is C10H19N3O2. The zero-order valence-corrected chi connectivity index (χ0v) is 9.53. The molecule has 1 atom stereocenters. The molecule has 0 aromatic carbocycles. The summed E-state index contributed by atoms with van der Waals surface area (Å²) in [6.45, 7) is 3.57.